The Morgan fingerprint density at radius 3 is 2.24 bits per heavy atom. The second-order valence-electron chi connectivity index (χ2n) is 4.78. The molecule has 0 saturated heterocycles. The van der Waals surface area contributed by atoms with E-state index in [2.05, 4.69) is 5.32 Å². The van der Waals surface area contributed by atoms with Crippen LogP contribution in [0.15, 0.2) is 42.5 Å². The fraction of sp³-hybridized carbons (Fsp3) is 0.125. The summed E-state index contributed by atoms with van der Waals surface area (Å²) < 4.78 is 54.6. The van der Waals surface area contributed by atoms with Crippen LogP contribution in [-0.2, 0) is 4.79 Å². The largest absolute Gasteiger partial charge is 0.370 e. The Balaban J connectivity index is 2.28. The van der Waals surface area contributed by atoms with Crippen LogP contribution in [0, 0.1) is 11.6 Å². The van der Waals surface area contributed by atoms with Crippen molar-refractivity contribution in [2.24, 2.45) is 0 Å². The van der Waals surface area contributed by atoms with Gasteiger partial charge in [-0.2, -0.15) is 8.78 Å². The molecule has 9 heteroatoms. The summed E-state index contributed by atoms with van der Waals surface area (Å²) >= 11 is -0.0817. The first-order valence-electron chi connectivity index (χ1n) is 6.85. The van der Waals surface area contributed by atoms with E-state index in [0.717, 1.165) is 18.4 Å². The highest BCUT2D eigenvalue weighted by molar-refractivity contribution is 8.00. The van der Waals surface area contributed by atoms with E-state index < -0.39 is 40.1 Å². The summed E-state index contributed by atoms with van der Waals surface area (Å²) in [6, 6.07) is 9.47. The Bertz CT molecular complexity index is 800. The summed E-state index contributed by atoms with van der Waals surface area (Å²) in [6.45, 7) is 0. The van der Waals surface area contributed by atoms with Crippen LogP contribution in [0.2, 0.25) is 0 Å². The maximum absolute atomic E-state index is 14.3. The van der Waals surface area contributed by atoms with Crippen LogP contribution in [-0.4, -0.2) is 23.3 Å². The van der Waals surface area contributed by atoms with Crippen LogP contribution >= 0.6 is 11.8 Å². The van der Waals surface area contributed by atoms with Gasteiger partial charge in [0.25, 0.3) is 5.91 Å². The van der Waals surface area contributed by atoms with Crippen LogP contribution in [0.25, 0.3) is 0 Å². The molecule has 2 amide bonds. The van der Waals surface area contributed by atoms with Crippen molar-refractivity contribution < 1.29 is 27.2 Å². The molecule has 0 spiro atoms. The molecule has 0 fully saturated rings. The number of thioether (sulfide) groups is 1. The van der Waals surface area contributed by atoms with Crippen molar-refractivity contribution >= 4 is 35.0 Å². The molecule has 0 unspecified atom stereocenters. The van der Waals surface area contributed by atoms with E-state index in [1.807, 2.05) is 0 Å². The molecule has 2 aromatic rings. The van der Waals surface area contributed by atoms with E-state index in [1.54, 1.807) is 18.2 Å². The summed E-state index contributed by atoms with van der Waals surface area (Å²) in [7, 11) is 0. The molecule has 0 atom stereocenters. The molecule has 0 aliphatic rings. The number of carbonyl (C=O) groups is 2. The Labute approximate surface area is 144 Å². The number of benzene rings is 2. The van der Waals surface area contributed by atoms with E-state index in [-0.39, 0.29) is 17.3 Å². The van der Waals surface area contributed by atoms with Crippen molar-refractivity contribution in [3.63, 3.8) is 0 Å². The third-order valence-corrected chi connectivity index (χ3v) is 3.83. The lowest BCUT2D eigenvalue weighted by molar-refractivity contribution is -0.129. The summed E-state index contributed by atoms with van der Waals surface area (Å²) in [4.78, 5) is 23.4. The topological polar surface area (TPSA) is 58.2 Å². The highest BCUT2D eigenvalue weighted by Crippen LogP contribution is 2.31. The first-order valence-corrected chi connectivity index (χ1v) is 8.07. The van der Waals surface area contributed by atoms with Gasteiger partial charge in [0.05, 0.1) is 5.69 Å². The zero-order valence-electron chi connectivity index (χ0n) is 12.8. The van der Waals surface area contributed by atoms with Crippen molar-refractivity contribution in [3.8, 4) is 0 Å². The van der Waals surface area contributed by atoms with Gasteiger partial charge in [0.15, 0.2) is 5.82 Å². The predicted octanol–water partition coefficient (Wildman–Crippen LogP) is 4.11. The van der Waals surface area contributed by atoms with Gasteiger partial charge >= 0.3 is 11.2 Å². The van der Waals surface area contributed by atoms with Gasteiger partial charge in [0.2, 0.25) is 0 Å². The summed E-state index contributed by atoms with van der Waals surface area (Å²) in [5.41, 5.74) is -1.31. The van der Waals surface area contributed by atoms with E-state index in [9.17, 15) is 27.2 Å². The summed E-state index contributed by atoms with van der Waals surface area (Å²) in [5, 5.41) is -0.151. The number of hydrogen-bond acceptors (Lipinski definition) is 3. The van der Waals surface area contributed by atoms with Crippen LogP contribution in [0.1, 0.15) is 10.4 Å². The highest BCUT2D eigenvalue weighted by atomic mass is 32.2. The summed E-state index contributed by atoms with van der Waals surface area (Å²) in [6.07, 6.45) is 0.975. The maximum Gasteiger partial charge on any atom is 0.370 e. The number of amides is 2. The first-order chi connectivity index (χ1) is 11.8. The van der Waals surface area contributed by atoms with Crippen molar-refractivity contribution in [2.75, 3.05) is 16.9 Å². The molecule has 2 rings (SSSR count). The maximum atomic E-state index is 14.3. The van der Waals surface area contributed by atoms with Crippen molar-refractivity contribution in [1.29, 1.82) is 0 Å². The molecule has 25 heavy (non-hydrogen) atoms. The van der Waals surface area contributed by atoms with E-state index in [1.165, 1.54) is 17.4 Å². The molecule has 0 aliphatic heterocycles. The van der Waals surface area contributed by atoms with Gasteiger partial charge in [-0.3, -0.25) is 9.59 Å². The van der Waals surface area contributed by atoms with E-state index >= 15 is 0 Å². The van der Waals surface area contributed by atoms with E-state index in [4.69, 9.17) is 0 Å². The van der Waals surface area contributed by atoms with Gasteiger partial charge in [-0.1, -0.05) is 30.0 Å². The minimum Gasteiger partial charge on any atom is -0.319 e. The molecule has 0 bridgehead atoms. The lowest BCUT2D eigenvalue weighted by Gasteiger charge is -2.15. The number of carbonyl (C=O) groups excluding carboxylic acids is 2. The average Bonchev–Trinajstić information content (AvgIpc) is 2.61. The Hall–Kier alpha value is -2.55. The smallest absolute Gasteiger partial charge is 0.319 e. The fourth-order valence-corrected chi connectivity index (χ4v) is 2.06. The molecule has 0 aliphatic carbocycles. The Morgan fingerprint density at radius 1 is 1.00 bits per heavy atom. The molecule has 0 radical (unpaired) electrons. The average molecular weight is 372 g/mol. The predicted molar refractivity (Wildman–Crippen MR) is 87.8 cm³/mol. The third-order valence-electron chi connectivity index (χ3n) is 3.13. The molecule has 0 saturated carbocycles. The number of hydrogen-bond donors (Lipinski definition) is 2. The number of alkyl halides is 2. The van der Waals surface area contributed by atoms with Gasteiger partial charge in [-0.05, 0) is 30.5 Å². The standard InChI is InChI=1S/C16H12F4N2O2S/c1-25-16(19,20)15(24)22-13-10(17)7-8-11(12(13)18)21-14(23)9-5-3-2-4-6-9/h2-8H,1H3,(H,21,23)(H,22,24). The lowest BCUT2D eigenvalue weighted by Crippen LogP contribution is -2.32. The normalized spacial score (nSPS) is 11.1. The van der Waals surface area contributed by atoms with Crippen molar-refractivity contribution in [1.82, 2.24) is 0 Å². The zero-order valence-corrected chi connectivity index (χ0v) is 13.6. The van der Waals surface area contributed by atoms with Gasteiger partial charge < -0.3 is 10.6 Å². The molecule has 2 aromatic carbocycles. The molecular formula is C16H12F4N2O2S. The third kappa shape index (κ3) is 4.30. The lowest BCUT2D eigenvalue weighted by atomic mass is 10.2. The molecule has 4 nitrogen and oxygen atoms in total. The SMILES string of the molecule is CSC(F)(F)C(=O)Nc1c(F)ccc(NC(=O)c2ccccc2)c1F. The van der Waals surface area contributed by atoms with Crippen LogP contribution in [0.5, 0.6) is 0 Å². The second kappa shape index (κ2) is 7.56. The number of anilines is 2. The monoisotopic (exact) mass is 372 g/mol. The van der Waals surface area contributed by atoms with E-state index in [0.29, 0.717) is 0 Å². The van der Waals surface area contributed by atoms with Crippen molar-refractivity contribution in [2.45, 2.75) is 5.25 Å². The minimum atomic E-state index is -3.86. The Kier molecular flexibility index (Phi) is 5.68. The second-order valence-corrected chi connectivity index (χ2v) is 5.70. The fourth-order valence-electron chi connectivity index (χ4n) is 1.83. The van der Waals surface area contributed by atoms with Crippen molar-refractivity contribution in [3.05, 3.63) is 59.7 Å². The quantitative estimate of drug-likeness (QED) is 0.777. The number of halogens is 4. The molecule has 0 heterocycles. The molecule has 132 valence electrons. The molecular weight excluding hydrogens is 360 g/mol. The van der Waals surface area contributed by atoms with Crippen LogP contribution in [0.3, 0.4) is 0 Å². The minimum absolute atomic E-state index is 0.0817. The first kappa shape index (κ1) is 18.8. The van der Waals surface area contributed by atoms with Gasteiger partial charge in [0, 0.05) is 5.56 Å². The number of nitrogens with one attached hydrogen (secondary N) is 2. The molecule has 2 N–H and O–H groups in total. The number of rotatable bonds is 5. The van der Waals surface area contributed by atoms with Gasteiger partial charge in [-0.25, -0.2) is 8.78 Å². The zero-order chi connectivity index (χ0) is 18.6. The summed E-state index contributed by atoms with van der Waals surface area (Å²) in [5.74, 6) is -5.17. The van der Waals surface area contributed by atoms with Crippen LogP contribution in [0.4, 0.5) is 28.9 Å². The van der Waals surface area contributed by atoms with Gasteiger partial charge in [-0.15, -0.1) is 0 Å². The van der Waals surface area contributed by atoms with Gasteiger partial charge in [0.1, 0.15) is 11.5 Å². The highest BCUT2D eigenvalue weighted by Gasteiger charge is 2.38. The van der Waals surface area contributed by atoms with Crippen LogP contribution < -0.4 is 10.6 Å². The Morgan fingerprint density at radius 2 is 1.64 bits per heavy atom. The molecule has 0 aromatic heterocycles.